The van der Waals surface area contributed by atoms with Crippen LogP contribution in [0.2, 0.25) is 0 Å². The molecule has 3 N–H and O–H groups in total. The molecule has 100 valence electrons. The normalized spacial score (nSPS) is 10.2. The van der Waals surface area contributed by atoms with E-state index >= 15 is 0 Å². The number of nitrogen functional groups attached to an aromatic ring is 1. The largest absolute Gasteiger partial charge is 0.497 e. The molecule has 0 atom stereocenters. The Hall–Kier alpha value is -2.43. The molecule has 0 bridgehead atoms. The zero-order valence-electron chi connectivity index (χ0n) is 10.7. The van der Waals surface area contributed by atoms with Crippen molar-refractivity contribution in [1.82, 2.24) is 5.32 Å². The number of ether oxygens (including phenoxy) is 1. The van der Waals surface area contributed by atoms with E-state index in [1.807, 2.05) is 24.3 Å². The molecule has 0 fully saturated rings. The molecule has 0 aliphatic carbocycles. The molecule has 5 nitrogen and oxygen atoms in total. The maximum absolute atomic E-state index is 11.7. The van der Waals surface area contributed by atoms with Gasteiger partial charge in [-0.3, -0.25) is 4.79 Å². The van der Waals surface area contributed by atoms with Gasteiger partial charge in [-0.15, -0.1) is 0 Å². The van der Waals surface area contributed by atoms with Crippen LogP contribution < -0.4 is 15.8 Å². The average molecular weight is 260 g/mol. The Morgan fingerprint density at radius 1 is 1.26 bits per heavy atom. The van der Waals surface area contributed by atoms with Gasteiger partial charge in [-0.1, -0.05) is 12.1 Å². The van der Waals surface area contributed by atoms with E-state index in [0.29, 0.717) is 6.54 Å². The van der Waals surface area contributed by atoms with Crippen LogP contribution in [0.3, 0.4) is 0 Å². The van der Waals surface area contributed by atoms with Crippen molar-refractivity contribution in [1.29, 1.82) is 0 Å². The lowest BCUT2D eigenvalue weighted by Gasteiger charge is -2.04. The predicted molar refractivity (Wildman–Crippen MR) is 72.2 cm³/mol. The van der Waals surface area contributed by atoms with Gasteiger partial charge in [0.1, 0.15) is 5.75 Å². The minimum Gasteiger partial charge on any atom is -0.497 e. The zero-order valence-corrected chi connectivity index (χ0v) is 10.7. The second-order valence-corrected chi connectivity index (χ2v) is 4.06. The van der Waals surface area contributed by atoms with Gasteiger partial charge < -0.3 is 20.2 Å². The topological polar surface area (TPSA) is 77.5 Å². The first-order chi connectivity index (χ1) is 9.19. The van der Waals surface area contributed by atoms with Crippen LogP contribution in [0.15, 0.2) is 40.8 Å². The van der Waals surface area contributed by atoms with Gasteiger partial charge in [-0.05, 0) is 30.2 Å². The third-order valence-corrected chi connectivity index (χ3v) is 2.71. The van der Waals surface area contributed by atoms with Gasteiger partial charge in [0, 0.05) is 12.6 Å². The molecule has 2 aromatic rings. The highest BCUT2D eigenvalue weighted by molar-refractivity contribution is 5.91. The summed E-state index contributed by atoms with van der Waals surface area (Å²) in [6, 6.07) is 10.8. The maximum Gasteiger partial charge on any atom is 0.287 e. The van der Waals surface area contributed by atoms with Crippen LogP contribution in [0, 0.1) is 0 Å². The minimum absolute atomic E-state index is 0.229. The molecule has 0 aliphatic rings. The van der Waals surface area contributed by atoms with Crippen molar-refractivity contribution in [2.75, 3.05) is 19.4 Å². The lowest BCUT2D eigenvalue weighted by Crippen LogP contribution is -2.25. The summed E-state index contributed by atoms with van der Waals surface area (Å²) in [5.74, 6) is 1.02. The highest BCUT2D eigenvalue weighted by Gasteiger charge is 2.08. The number of nitrogens with one attached hydrogen (secondary N) is 1. The van der Waals surface area contributed by atoms with E-state index in [1.54, 1.807) is 19.2 Å². The zero-order chi connectivity index (χ0) is 13.7. The summed E-state index contributed by atoms with van der Waals surface area (Å²) in [5, 5.41) is 2.77. The van der Waals surface area contributed by atoms with Crippen LogP contribution in [0.1, 0.15) is 16.1 Å². The second kappa shape index (κ2) is 5.95. The lowest BCUT2D eigenvalue weighted by molar-refractivity contribution is 0.0927. The van der Waals surface area contributed by atoms with E-state index in [0.717, 1.165) is 17.7 Å². The standard InChI is InChI=1S/C14H16N2O3/c1-18-11-4-2-10(3-5-11)8-9-16-14(17)12-6-7-13(15)19-12/h2-7H,8-9,15H2,1H3,(H,16,17). The summed E-state index contributed by atoms with van der Waals surface area (Å²) < 4.78 is 10.1. The third-order valence-electron chi connectivity index (χ3n) is 2.71. The Bertz CT molecular complexity index is 546. The van der Waals surface area contributed by atoms with Crippen molar-refractivity contribution in [2.24, 2.45) is 0 Å². The van der Waals surface area contributed by atoms with Gasteiger partial charge in [0.2, 0.25) is 0 Å². The molecule has 0 saturated heterocycles. The van der Waals surface area contributed by atoms with Gasteiger partial charge in [-0.2, -0.15) is 0 Å². The number of anilines is 1. The van der Waals surface area contributed by atoms with Crippen LogP contribution in [-0.2, 0) is 6.42 Å². The van der Waals surface area contributed by atoms with E-state index in [4.69, 9.17) is 14.9 Å². The first kappa shape index (κ1) is 13.0. The third kappa shape index (κ3) is 3.51. The maximum atomic E-state index is 11.7. The van der Waals surface area contributed by atoms with Gasteiger partial charge in [0.05, 0.1) is 7.11 Å². The van der Waals surface area contributed by atoms with Gasteiger partial charge >= 0.3 is 0 Å². The Labute approximate surface area is 111 Å². The fourth-order valence-electron chi connectivity index (χ4n) is 1.67. The quantitative estimate of drug-likeness (QED) is 0.860. The van der Waals surface area contributed by atoms with Crippen molar-refractivity contribution in [2.45, 2.75) is 6.42 Å². The van der Waals surface area contributed by atoms with Crippen molar-refractivity contribution in [3.05, 3.63) is 47.7 Å². The fourth-order valence-corrected chi connectivity index (χ4v) is 1.67. The van der Waals surface area contributed by atoms with Crippen molar-refractivity contribution in [3.8, 4) is 5.75 Å². The van der Waals surface area contributed by atoms with Crippen LogP contribution >= 0.6 is 0 Å². The molecular formula is C14H16N2O3. The summed E-state index contributed by atoms with van der Waals surface area (Å²) in [4.78, 5) is 11.7. The molecule has 5 heteroatoms. The van der Waals surface area contributed by atoms with Crippen LogP contribution in [-0.4, -0.2) is 19.6 Å². The van der Waals surface area contributed by atoms with E-state index in [2.05, 4.69) is 5.32 Å². The number of hydrogen-bond donors (Lipinski definition) is 2. The number of benzene rings is 1. The smallest absolute Gasteiger partial charge is 0.287 e. The molecule has 1 aromatic heterocycles. The summed E-state index contributed by atoms with van der Waals surface area (Å²) in [5.41, 5.74) is 6.53. The van der Waals surface area contributed by atoms with E-state index in [-0.39, 0.29) is 17.6 Å². The van der Waals surface area contributed by atoms with E-state index in [1.165, 1.54) is 0 Å². The number of methoxy groups -OCH3 is 1. The van der Waals surface area contributed by atoms with Crippen LogP contribution in [0.4, 0.5) is 5.88 Å². The second-order valence-electron chi connectivity index (χ2n) is 4.06. The molecule has 1 amide bonds. The van der Waals surface area contributed by atoms with Crippen molar-refractivity contribution >= 4 is 11.8 Å². The number of nitrogens with two attached hydrogens (primary N) is 1. The monoisotopic (exact) mass is 260 g/mol. The summed E-state index contributed by atoms with van der Waals surface area (Å²) in [7, 11) is 1.63. The summed E-state index contributed by atoms with van der Waals surface area (Å²) >= 11 is 0. The number of hydrogen-bond acceptors (Lipinski definition) is 4. The Morgan fingerprint density at radius 3 is 2.58 bits per heavy atom. The molecule has 0 unspecified atom stereocenters. The summed E-state index contributed by atoms with van der Waals surface area (Å²) in [6.45, 7) is 0.533. The lowest BCUT2D eigenvalue weighted by atomic mass is 10.1. The Morgan fingerprint density at radius 2 is 2.00 bits per heavy atom. The molecule has 0 aliphatic heterocycles. The SMILES string of the molecule is COc1ccc(CCNC(=O)c2ccc(N)o2)cc1. The van der Waals surface area contributed by atoms with Gasteiger partial charge in [0.25, 0.3) is 5.91 Å². The van der Waals surface area contributed by atoms with E-state index < -0.39 is 0 Å². The van der Waals surface area contributed by atoms with Gasteiger partial charge in [0.15, 0.2) is 11.6 Å². The van der Waals surface area contributed by atoms with Crippen molar-refractivity contribution in [3.63, 3.8) is 0 Å². The predicted octanol–water partition coefficient (Wildman–Crippen LogP) is 1.84. The first-order valence-corrected chi connectivity index (χ1v) is 5.95. The van der Waals surface area contributed by atoms with Crippen molar-refractivity contribution < 1.29 is 13.9 Å². The summed E-state index contributed by atoms with van der Waals surface area (Å²) in [6.07, 6.45) is 0.742. The molecular weight excluding hydrogens is 244 g/mol. The highest BCUT2D eigenvalue weighted by atomic mass is 16.5. The van der Waals surface area contributed by atoms with E-state index in [9.17, 15) is 4.79 Å². The number of carbonyl (C=O) groups is 1. The minimum atomic E-state index is -0.259. The van der Waals surface area contributed by atoms with Crippen LogP contribution in [0.5, 0.6) is 5.75 Å². The fraction of sp³-hybridized carbons (Fsp3) is 0.214. The number of amides is 1. The molecule has 0 radical (unpaired) electrons. The van der Waals surface area contributed by atoms with Crippen LogP contribution in [0.25, 0.3) is 0 Å². The van der Waals surface area contributed by atoms with Gasteiger partial charge in [-0.25, -0.2) is 0 Å². The average Bonchev–Trinajstić information content (AvgIpc) is 2.86. The molecule has 19 heavy (non-hydrogen) atoms. The molecule has 2 rings (SSSR count). The molecule has 0 saturated carbocycles. The highest BCUT2D eigenvalue weighted by Crippen LogP contribution is 2.11. The molecule has 0 spiro atoms. The number of carbonyl (C=O) groups excluding carboxylic acids is 1. The molecule has 1 aromatic carbocycles. The number of rotatable bonds is 5. The molecule has 1 heterocycles. The first-order valence-electron chi connectivity index (χ1n) is 5.95. The Balaban J connectivity index is 1.81. The Kier molecular flexibility index (Phi) is 4.07. The number of furan rings is 1.